The lowest BCUT2D eigenvalue weighted by molar-refractivity contribution is -0.145. The standard InChI is InChI=1S/C29H29N5O3/c1-19-23(17-32-28-26(19)27(30)33-29(31)34-28)16-22-15-20(13-14-24(22)36-2)9-5-4-8-12-25(35)37-18-21-10-6-3-7-11-21/h3,6-7,10-11,13-15,17H,4,8,12,16,18H2,1-2H3,(H4,30,31,32,33,34). The van der Waals surface area contributed by atoms with Crippen molar-refractivity contribution in [1.82, 2.24) is 15.0 Å². The molecule has 188 valence electrons. The molecular weight excluding hydrogens is 466 g/mol. The van der Waals surface area contributed by atoms with E-state index in [1.165, 1.54) is 0 Å². The number of nitrogens with two attached hydrogens (primary N) is 2. The normalized spacial score (nSPS) is 10.5. The quantitative estimate of drug-likeness (QED) is 0.210. The van der Waals surface area contributed by atoms with E-state index in [2.05, 4.69) is 26.8 Å². The molecule has 2 heterocycles. The molecule has 8 nitrogen and oxygen atoms in total. The number of hydrogen-bond acceptors (Lipinski definition) is 8. The summed E-state index contributed by atoms with van der Waals surface area (Å²) < 4.78 is 10.9. The Hall–Kier alpha value is -4.64. The molecule has 8 heteroatoms. The van der Waals surface area contributed by atoms with Crippen LogP contribution >= 0.6 is 0 Å². The average molecular weight is 496 g/mol. The van der Waals surface area contributed by atoms with Crippen molar-refractivity contribution in [3.05, 3.63) is 82.5 Å². The number of nitrogens with zero attached hydrogens (tertiary/aromatic N) is 3. The second kappa shape index (κ2) is 11.9. The number of nitrogen functional groups attached to an aromatic ring is 2. The zero-order valence-corrected chi connectivity index (χ0v) is 21.0. The third-order valence-electron chi connectivity index (χ3n) is 5.95. The predicted molar refractivity (Wildman–Crippen MR) is 144 cm³/mol. The van der Waals surface area contributed by atoms with Crippen LogP contribution in [-0.2, 0) is 22.6 Å². The molecule has 0 atom stereocenters. The van der Waals surface area contributed by atoms with Crippen LogP contribution in [0.3, 0.4) is 0 Å². The van der Waals surface area contributed by atoms with Crippen LogP contribution < -0.4 is 16.2 Å². The highest BCUT2D eigenvalue weighted by Crippen LogP contribution is 2.28. The number of benzene rings is 2. The molecule has 0 aliphatic heterocycles. The molecule has 0 aliphatic rings. The van der Waals surface area contributed by atoms with E-state index in [0.29, 0.717) is 49.1 Å². The van der Waals surface area contributed by atoms with Crippen molar-refractivity contribution in [3.8, 4) is 17.6 Å². The molecule has 4 rings (SSSR count). The first-order valence-electron chi connectivity index (χ1n) is 12.0. The summed E-state index contributed by atoms with van der Waals surface area (Å²) in [6.45, 7) is 2.26. The molecule has 0 fully saturated rings. The Morgan fingerprint density at radius 2 is 1.86 bits per heavy atom. The number of fused-ring (bicyclic) bond motifs is 1. The van der Waals surface area contributed by atoms with Crippen LogP contribution in [0.1, 0.15) is 47.1 Å². The largest absolute Gasteiger partial charge is 0.496 e. The van der Waals surface area contributed by atoms with Crippen LogP contribution in [0.5, 0.6) is 5.75 Å². The highest BCUT2D eigenvalue weighted by Gasteiger charge is 2.14. The summed E-state index contributed by atoms with van der Waals surface area (Å²) in [7, 11) is 1.64. The van der Waals surface area contributed by atoms with E-state index in [1.807, 2.05) is 55.5 Å². The number of aryl methyl sites for hydroxylation is 1. The minimum absolute atomic E-state index is 0.0988. The first-order valence-corrected chi connectivity index (χ1v) is 12.0. The van der Waals surface area contributed by atoms with Crippen LogP contribution in [0.4, 0.5) is 11.8 Å². The number of carbonyl (C=O) groups excluding carboxylic acids is 1. The minimum Gasteiger partial charge on any atom is -0.496 e. The Morgan fingerprint density at radius 3 is 2.65 bits per heavy atom. The van der Waals surface area contributed by atoms with Gasteiger partial charge in [-0.2, -0.15) is 9.97 Å². The van der Waals surface area contributed by atoms with E-state index in [0.717, 1.165) is 33.6 Å². The lowest BCUT2D eigenvalue weighted by Gasteiger charge is -2.13. The van der Waals surface area contributed by atoms with Gasteiger partial charge in [0.1, 0.15) is 18.2 Å². The van der Waals surface area contributed by atoms with Crippen LogP contribution in [0.15, 0.2) is 54.7 Å². The zero-order chi connectivity index (χ0) is 26.2. The number of ether oxygens (including phenoxy) is 2. The van der Waals surface area contributed by atoms with Crippen LogP contribution in [0, 0.1) is 18.8 Å². The number of aromatic nitrogens is 3. The van der Waals surface area contributed by atoms with Crippen LogP contribution in [0.2, 0.25) is 0 Å². The number of pyridine rings is 1. The van der Waals surface area contributed by atoms with Gasteiger partial charge in [-0.1, -0.05) is 42.2 Å². The topological polar surface area (TPSA) is 126 Å². The van der Waals surface area contributed by atoms with Crippen molar-refractivity contribution < 1.29 is 14.3 Å². The van der Waals surface area contributed by atoms with Crippen molar-refractivity contribution >= 4 is 28.8 Å². The van der Waals surface area contributed by atoms with Crippen LogP contribution in [-0.4, -0.2) is 28.0 Å². The molecule has 4 aromatic rings. The SMILES string of the molecule is COc1ccc(C#CCCCC(=O)OCc2ccccc2)cc1Cc1cnc2nc(N)nc(N)c2c1C. The molecule has 0 saturated heterocycles. The molecule has 0 amide bonds. The molecule has 0 bridgehead atoms. The summed E-state index contributed by atoms with van der Waals surface area (Å²) in [5.74, 6) is 7.29. The van der Waals surface area contributed by atoms with Gasteiger partial charge in [-0.15, -0.1) is 0 Å². The monoisotopic (exact) mass is 495 g/mol. The summed E-state index contributed by atoms with van der Waals surface area (Å²) >= 11 is 0. The second-order valence-electron chi connectivity index (χ2n) is 8.58. The number of rotatable bonds is 8. The van der Waals surface area contributed by atoms with Crippen molar-refractivity contribution in [2.45, 2.75) is 39.2 Å². The zero-order valence-electron chi connectivity index (χ0n) is 21.0. The van der Waals surface area contributed by atoms with E-state index in [9.17, 15) is 4.79 Å². The predicted octanol–water partition coefficient (Wildman–Crippen LogP) is 4.36. The Bertz CT molecular complexity index is 1480. The molecule has 2 aromatic heterocycles. The fourth-order valence-electron chi connectivity index (χ4n) is 4.01. The van der Waals surface area contributed by atoms with Gasteiger partial charge >= 0.3 is 5.97 Å². The highest BCUT2D eigenvalue weighted by molar-refractivity contribution is 5.90. The fraction of sp³-hybridized carbons (Fsp3) is 0.241. The molecule has 0 unspecified atom stereocenters. The summed E-state index contributed by atoms with van der Waals surface area (Å²) in [6.07, 6.45) is 3.92. The fourth-order valence-corrected chi connectivity index (χ4v) is 4.01. The van der Waals surface area contributed by atoms with Crippen molar-refractivity contribution in [2.75, 3.05) is 18.6 Å². The molecule has 0 aliphatic carbocycles. The first-order chi connectivity index (χ1) is 17.9. The Labute approximate surface area is 216 Å². The molecule has 4 N–H and O–H groups in total. The van der Waals surface area contributed by atoms with E-state index < -0.39 is 0 Å². The highest BCUT2D eigenvalue weighted by atomic mass is 16.5. The van der Waals surface area contributed by atoms with Gasteiger partial charge in [-0.05, 0) is 53.8 Å². The average Bonchev–Trinajstić information content (AvgIpc) is 2.89. The summed E-state index contributed by atoms with van der Waals surface area (Å²) in [6, 6.07) is 15.5. The molecule has 0 radical (unpaired) electrons. The van der Waals surface area contributed by atoms with Crippen molar-refractivity contribution in [1.29, 1.82) is 0 Å². The minimum atomic E-state index is -0.217. The molecule has 37 heavy (non-hydrogen) atoms. The van der Waals surface area contributed by atoms with Gasteiger partial charge < -0.3 is 20.9 Å². The number of esters is 1. The Balaban J connectivity index is 1.39. The van der Waals surface area contributed by atoms with Gasteiger partial charge in [0, 0.05) is 31.0 Å². The van der Waals surface area contributed by atoms with Gasteiger partial charge in [-0.3, -0.25) is 4.79 Å². The summed E-state index contributed by atoms with van der Waals surface area (Å²) in [5, 5.41) is 0.698. The van der Waals surface area contributed by atoms with E-state index in [1.54, 1.807) is 13.3 Å². The van der Waals surface area contributed by atoms with Crippen molar-refractivity contribution in [2.24, 2.45) is 0 Å². The maximum absolute atomic E-state index is 12.0. The maximum Gasteiger partial charge on any atom is 0.306 e. The van der Waals surface area contributed by atoms with Crippen molar-refractivity contribution in [3.63, 3.8) is 0 Å². The van der Waals surface area contributed by atoms with Gasteiger partial charge in [0.15, 0.2) is 5.65 Å². The first kappa shape index (κ1) is 25.5. The van der Waals surface area contributed by atoms with E-state index in [4.69, 9.17) is 20.9 Å². The maximum atomic E-state index is 12.0. The Morgan fingerprint density at radius 1 is 1.05 bits per heavy atom. The number of anilines is 2. The third kappa shape index (κ3) is 6.53. The second-order valence-corrected chi connectivity index (χ2v) is 8.58. The number of carbonyl (C=O) groups is 1. The molecule has 0 saturated carbocycles. The van der Waals surface area contributed by atoms with Gasteiger partial charge in [0.05, 0.1) is 12.5 Å². The van der Waals surface area contributed by atoms with E-state index >= 15 is 0 Å². The molecule has 2 aromatic carbocycles. The molecular formula is C29H29N5O3. The smallest absolute Gasteiger partial charge is 0.306 e. The number of methoxy groups -OCH3 is 1. The van der Waals surface area contributed by atoms with Gasteiger partial charge in [-0.25, -0.2) is 4.98 Å². The Kier molecular flexibility index (Phi) is 8.16. The van der Waals surface area contributed by atoms with Gasteiger partial charge in [0.2, 0.25) is 5.95 Å². The molecule has 0 spiro atoms. The van der Waals surface area contributed by atoms with Crippen LogP contribution in [0.25, 0.3) is 11.0 Å². The summed E-state index contributed by atoms with van der Waals surface area (Å²) in [4.78, 5) is 24.7. The lowest BCUT2D eigenvalue weighted by Crippen LogP contribution is -2.05. The number of unbranched alkanes of at least 4 members (excludes halogenated alkanes) is 1. The summed E-state index contributed by atoms with van der Waals surface area (Å²) in [5.41, 5.74) is 17.0. The van der Waals surface area contributed by atoms with E-state index in [-0.39, 0.29) is 11.9 Å². The number of hydrogen-bond donors (Lipinski definition) is 2. The third-order valence-corrected chi connectivity index (χ3v) is 5.95. The van der Waals surface area contributed by atoms with Gasteiger partial charge in [0.25, 0.3) is 0 Å². The lowest BCUT2D eigenvalue weighted by atomic mass is 9.98.